The molecule has 0 bridgehead atoms. The molecule has 1 atom stereocenters. The zero-order valence-electron chi connectivity index (χ0n) is 19.3. The van der Waals surface area contributed by atoms with E-state index in [-0.39, 0.29) is 17.6 Å². The van der Waals surface area contributed by atoms with Crippen molar-refractivity contribution in [2.75, 3.05) is 20.2 Å². The number of fused-ring (bicyclic) bond motifs is 2. The number of methoxy groups -OCH3 is 1. The van der Waals surface area contributed by atoms with E-state index in [0.29, 0.717) is 41.4 Å². The Labute approximate surface area is 199 Å². The Hall–Kier alpha value is -4.66. The first kappa shape index (κ1) is 22.1. The molecule has 1 aliphatic rings. The van der Waals surface area contributed by atoms with Gasteiger partial charge in [-0.05, 0) is 19.1 Å². The fraction of sp³-hybridized carbons (Fsp3) is 0.304. The number of rotatable bonds is 5. The highest BCUT2D eigenvalue weighted by Crippen LogP contribution is 2.31. The average Bonchev–Trinajstić information content (AvgIpc) is 3.38. The molecule has 0 radical (unpaired) electrons. The van der Waals surface area contributed by atoms with Gasteiger partial charge < -0.3 is 24.7 Å². The third-order valence-corrected chi connectivity index (χ3v) is 5.93. The zero-order chi connectivity index (χ0) is 24.7. The molecule has 1 aliphatic heterocycles. The average molecular weight is 474 g/mol. The smallest absolute Gasteiger partial charge is 0.413 e. The number of aryl methyl sites for hydroxylation is 1. The van der Waals surface area contributed by atoms with Gasteiger partial charge in [0, 0.05) is 37.8 Å². The van der Waals surface area contributed by atoms with Gasteiger partial charge in [-0.15, -0.1) is 0 Å². The lowest BCUT2D eigenvalue weighted by Crippen LogP contribution is -2.56. The molecule has 2 amide bonds. The van der Waals surface area contributed by atoms with Crippen LogP contribution in [0.4, 0.5) is 4.79 Å². The fourth-order valence-electron chi connectivity index (χ4n) is 4.00. The van der Waals surface area contributed by atoms with Crippen molar-refractivity contribution in [3.63, 3.8) is 0 Å². The van der Waals surface area contributed by atoms with Crippen LogP contribution in [0.2, 0.25) is 0 Å². The normalized spacial score (nSPS) is 14.4. The van der Waals surface area contributed by atoms with Gasteiger partial charge >= 0.3 is 6.09 Å². The van der Waals surface area contributed by atoms with Gasteiger partial charge in [-0.2, -0.15) is 10.4 Å². The highest BCUT2D eigenvalue weighted by atomic mass is 16.6. The molecule has 12 heteroatoms. The first-order valence-corrected chi connectivity index (χ1v) is 10.9. The maximum absolute atomic E-state index is 12.5. The van der Waals surface area contributed by atoms with Crippen LogP contribution in [-0.4, -0.2) is 67.9 Å². The monoisotopic (exact) mass is 474 g/mol. The number of nitriles is 1. The van der Waals surface area contributed by atoms with Crippen molar-refractivity contribution in [3.8, 4) is 29.0 Å². The Kier molecular flexibility index (Phi) is 5.44. The second kappa shape index (κ2) is 8.60. The number of benzene rings is 1. The SMILES string of the molecule is COc1ccc2c(-c3cnc4[nH]cc(OC(=O)N[C@H](C)C(=O)N5CC(C#N)C5)c4n3)nn(C)c2c1. The van der Waals surface area contributed by atoms with E-state index in [9.17, 15) is 9.59 Å². The molecular weight excluding hydrogens is 452 g/mol. The number of nitrogens with one attached hydrogen (secondary N) is 2. The Morgan fingerprint density at radius 3 is 2.89 bits per heavy atom. The van der Waals surface area contributed by atoms with Crippen molar-refractivity contribution in [1.82, 2.24) is 34.9 Å². The summed E-state index contributed by atoms with van der Waals surface area (Å²) in [7, 11) is 3.43. The van der Waals surface area contributed by atoms with Crippen LogP contribution >= 0.6 is 0 Å². The predicted octanol–water partition coefficient (Wildman–Crippen LogP) is 1.98. The van der Waals surface area contributed by atoms with Crippen molar-refractivity contribution < 1.29 is 19.1 Å². The van der Waals surface area contributed by atoms with E-state index in [2.05, 4.69) is 31.4 Å². The summed E-state index contributed by atoms with van der Waals surface area (Å²) in [6.45, 7) is 2.30. The number of aromatic nitrogens is 5. The second-order valence-corrected chi connectivity index (χ2v) is 8.29. The molecule has 0 spiro atoms. The Bertz CT molecular complexity index is 1490. The minimum absolute atomic E-state index is 0.157. The molecule has 2 N–H and O–H groups in total. The maximum atomic E-state index is 12.5. The van der Waals surface area contributed by atoms with Crippen molar-refractivity contribution >= 4 is 34.1 Å². The minimum atomic E-state index is -0.800. The van der Waals surface area contributed by atoms with Crippen LogP contribution in [0.1, 0.15) is 6.92 Å². The highest BCUT2D eigenvalue weighted by molar-refractivity contribution is 5.94. The fourth-order valence-corrected chi connectivity index (χ4v) is 4.00. The number of carbonyl (C=O) groups excluding carboxylic acids is 2. The lowest BCUT2D eigenvalue weighted by atomic mass is 10.0. The van der Waals surface area contributed by atoms with Crippen LogP contribution in [0.5, 0.6) is 11.5 Å². The molecule has 178 valence electrons. The van der Waals surface area contributed by atoms with Crippen molar-refractivity contribution in [1.29, 1.82) is 5.26 Å². The molecule has 4 heterocycles. The standard InChI is InChI=1S/C23H22N8O4/c1-12(22(32)31-10-13(7-24)11-31)27-23(33)35-18-9-26-21-20(18)28-16(8-25-21)19-15-5-4-14(34-3)6-17(15)30(2)29-19/h4-6,8-9,12-13H,10-11H2,1-3H3,(H,25,26)(H,27,33)/t12-/m1/s1. The van der Waals surface area contributed by atoms with E-state index in [1.165, 1.54) is 11.1 Å². The van der Waals surface area contributed by atoms with Gasteiger partial charge in [-0.25, -0.2) is 14.8 Å². The number of likely N-dealkylation sites (tertiary alicyclic amines) is 1. The van der Waals surface area contributed by atoms with E-state index < -0.39 is 12.1 Å². The van der Waals surface area contributed by atoms with Gasteiger partial charge in [0.15, 0.2) is 16.9 Å². The number of carbonyl (C=O) groups is 2. The Morgan fingerprint density at radius 2 is 2.14 bits per heavy atom. The third kappa shape index (κ3) is 3.97. The Balaban J connectivity index is 1.36. The summed E-state index contributed by atoms with van der Waals surface area (Å²) in [5.41, 5.74) is 2.79. The molecule has 12 nitrogen and oxygen atoms in total. The molecule has 1 fully saturated rings. The first-order chi connectivity index (χ1) is 16.9. The number of hydrogen-bond acceptors (Lipinski definition) is 8. The van der Waals surface area contributed by atoms with E-state index in [1.54, 1.807) is 24.9 Å². The molecule has 1 saturated heterocycles. The summed E-state index contributed by atoms with van der Waals surface area (Å²) in [4.78, 5) is 38.3. The van der Waals surface area contributed by atoms with Crippen LogP contribution in [-0.2, 0) is 11.8 Å². The van der Waals surface area contributed by atoms with Gasteiger partial charge in [0.1, 0.15) is 23.2 Å². The highest BCUT2D eigenvalue weighted by Gasteiger charge is 2.33. The quantitative estimate of drug-likeness (QED) is 0.446. The molecule has 3 aromatic heterocycles. The van der Waals surface area contributed by atoms with Crippen LogP contribution in [0, 0.1) is 17.2 Å². The molecule has 0 aliphatic carbocycles. The van der Waals surface area contributed by atoms with Crippen LogP contribution in [0.15, 0.2) is 30.6 Å². The molecule has 1 aromatic carbocycles. The lowest BCUT2D eigenvalue weighted by molar-refractivity contribution is -0.137. The number of hydrogen-bond donors (Lipinski definition) is 2. The Morgan fingerprint density at radius 1 is 1.34 bits per heavy atom. The van der Waals surface area contributed by atoms with E-state index in [1.807, 2.05) is 25.2 Å². The second-order valence-electron chi connectivity index (χ2n) is 8.29. The van der Waals surface area contributed by atoms with Gasteiger partial charge in [0.05, 0.1) is 30.8 Å². The van der Waals surface area contributed by atoms with Crippen molar-refractivity contribution in [2.24, 2.45) is 13.0 Å². The number of ether oxygens (including phenoxy) is 2. The lowest BCUT2D eigenvalue weighted by Gasteiger charge is -2.36. The summed E-state index contributed by atoms with van der Waals surface area (Å²) in [6, 6.07) is 6.94. The number of H-pyrrole nitrogens is 1. The number of amides is 2. The van der Waals surface area contributed by atoms with Crippen LogP contribution in [0.25, 0.3) is 33.5 Å². The van der Waals surface area contributed by atoms with Crippen molar-refractivity contribution in [2.45, 2.75) is 13.0 Å². The largest absolute Gasteiger partial charge is 0.497 e. The summed E-state index contributed by atoms with van der Waals surface area (Å²) in [6.07, 6.45) is 2.28. The summed E-state index contributed by atoms with van der Waals surface area (Å²) in [5, 5.41) is 16.8. The van der Waals surface area contributed by atoms with Gasteiger partial charge in [0.2, 0.25) is 5.91 Å². The van der Waals surface area contributed by atoms with Crippen LogP contribution < -0.4 is 14.8 Å². The summed E-state index contributed by atoms with van der Waals surface area (Å²) < 4.78 is 12.5. The first-order valence-electron chi connectivity index (χ1n) is 10.9. The maximum Gasteiger partial charge on any atom is 0.413 e. The van der Waals surface area contributed by atoms with Crippen LogP contribution in [0.3, 0.4) is 0 Å². The molecule has 5 rings (SSSR count). The van der Waals surface area contributed by atoms with Gasteiger partial charge in [-0.1, -0.05) is 0 Å². The number of nitrogens with zero attached hydrogens (tertiary/aromatic N) is 6. The van der Waals surface area contributed by atoms with E-state index >= 15 is 0 Å². The van der Waals surface area contributed by atoms with E-state index in [4.69, 9.17) is 14.7 Å². The van der Waals surface area contributed by atoms with E-state index in [0.717, 1.165) is 10.9 Å². The summed E-state index contributed by atoms with van der Waals surface area (Å²) >= 11 is 0. The molecule has 0 unspecified atom stereocenters. The van der Waals surface area contributed by atoms with Crippen molar-refractivity contribution in [3.05, 3.63) is 30.6 Å². The minimum Gasteiger partial charge on any atom is -0.497 e. The summed E-state index contributed by atoms with van der Waals surface area (Å²) in [5.74, 6) is 0.456. The molecule has 35 heavy (non-hydrogen) atoms. The van der Waals surface area contributed by atoms with Gasteiger partial charge in [0.25, 0.3) is 0 Å². The molecule has 0 saturated carbocycles. The predicted molar refractivity (Wildman–Crippen MR) is 124 cm³/mol. The number of aromatic amines is 1. The molecule has 4 aromatic rings. The topological polar surface area (TPSA) is 151 Å². The third-order valence-electron chi connectivity index (χ3n) is 5.93. The zero-order valence-corrected chi connectivity index (χ0v) is 19.3. The molecular formula is C23H22N8O4. The van der Waals surface area contributed by atoms with Gasteiger partial charge in [-0.3, -0.25) is 9.48 Å².